The highest BCUT2D eigenvalue weighted by atomic mass is 32.1. The lowest BCUT2D eigenvalue weighted by atomic mass is 10.1. The number of rotatable bonds is 6. The van der Waals surface area contributed by atoms with E-state index in [4.69, 9.17) is 4.42 Å². The van der Waals surface area contributed by atoms with Crippen LogP contribution in [-0.4, -0.2) is 51.3 Å². The Labute approximate surface area is 193 Å². The monoisotopic (exact) mass is 466 g/mol. The number of hydrogen-bond acceptors (Lipinski definition) is 6. The molecular formula is C24H23FN4O3S. The molecule has 1 aromatic carbocycles. The average molecular weight is 467 g/mol. The molecule has 0 spiro atoms. The number of thiazole rings is 1. The number of carbonyl (C=O) groups excluding carboxylic acids is 1. The van der Waals surface area contributed by atoms with Crippen LogP contribution in [0.15, 0.2) is 63.3 Å². The van der Waals surface area contributed by atoms with E-state index in [0.717, 1.165) is 18.8 Å². The van der Waals surface area contributed by atoms with Gasteiger partial charge < -0.3 is 9.32 Å². The molecule has 0 atom stereocenters. The summed E-state index contributed by atoms with van der Waals surface area (Å²) in [4.78, 5) is 34.2. The summed E-state index contributed by atoms with van der Waals surface area (Å²) in [5.74, 6) is 0.887. The Morgan fingerprint density at radius 3 is 2.76 bits per heavy atom. The van der Waals surface area contributed by atoms with Crippen LogP contribution in [0, 0.1) is 5.82 Å². The van der Waals surface area contributed by atoms with E-state index in [1.165, 1.54) is 17.4 Å². The summed E-state index contributed by atoms with van der Waals surface area (Å²) in [5.41, 5.74) is 1.11. The number of carbonyl (C=O) groups is 1. The number of furan rings is 1. The van der Waals surface area contributed by atoms with E-state index in [1.54, 1.807) is 47.0 Å². The number of hydrogen-bond donors (Lipinski definition) is 0. The summed E-state index contributed by atoms with van der Waals surface area (Å²) in [6.45, 7) is 3.33. The van der Waals surface area contributed by atoms with Gasteiger partial charge in [-0.25, -0.2) is 9.37 Å². The number of halogens is 1. The Morgan fingerprint density at radius 1 is 1.12 bits per heavy atom. The molecule has 3 aromatic heterocycles. The topological polar surface area (TPSA) is 71.1 Å². The van der Waals surface area contributed by atoms with E-state index in [0.29, 0.717) is 54.5 Å². The molecule has 5 rings (SSSR count). The lowest BCUT2D eigenvalue weighted by molar-refractivity contribution is -0.133. The summed E-state index contributed by atoms with van der Waals surface area (Å²) < 4.78 is 21.2. The maximum atomic E-state index is 13.9. The van der Waals surface area contributed by atoms with Gasteiger partial charge in [0.05, 0.1) is 11.3 Å². The van der Waals surface area contributed by atoms with Crippen molar-refractivity contribution >= 4 is 22.2 Å². The SMILES string of the molecule is O=C(CCc1ccc(-c2ccccc2F)o1)N1CCN(Cc2cc(=O)n3ccsc3n2)CC1. The maximum absolute atomic E-state index is 13.9. The van der Waals surface area contributed by atoms with Crippen LogP contribution in [0.1, 0.15) is 17.9 Å². The van der Waals surface area contributed by atoms with E-state index < -0.39 is 0 Å². The molecule has 1 aliphatic heterocycles. The van der Waals surface area contributed by atoms with Gasteiger partial charge in [-0.1, -0.05) is 12.1 Å². The minimum atomic E-state index is -0.330. The number of benzene rings is 1. The third-order valence-corrected chi connectivity index (χ3v) is 6.61. The second-order valence-electron chi connectivity index (χ2n) is 8.04. The van der Waals surface area contributed by atoms with Crippen LogP contribution in [-0.2, 0) is 17.8 Å². The number of amides is 1. The normalized spacial score (nSPS) is 14.8. The van der Waals surface area contributed by atoms with Crippen LogP contribution < -0.4 is 5.56 Å². The van der Waals surface area contributed by atoms with E-state index in [9.17, 15) is 14.0 Å². The second-order valence-corrected chi connectivity index (χ2v) is 8.92. The fraction of sp³-hybridized carbons (Fsp3) is 0.292. The summed E-state index contributed by atoms with van der Waals surface area (Å²) in [7, 11) is 0. The van der Waals surface area contributed by atoms with Gasteiger partial charge >= 0.3 is 0 Å². The van der Waals surface area contributed by atoms with Gasteiger partial charge in [0.2, 0.25) is 5.91 Å². The first-order valence-electron chi connectivity index (χ1n) is 10.9. The first-order chi connectivity index (χ1) is 16.1. The van der Waals surface area contributed by atoms with Gasteiger partial charge in [0, 0.05) is 63.2 Å². The number of aromatic nitrogens is 2. The molecule has 4 heterocycles. The zero-order chi connectivity index (χ0) is 22.8. The van der Waals surface area contributed by atoms with E-state index in [-0.39, 0.29) is 17.3 Å². The Morgan fingerprint density at radius 2 is 1.94 bits per heavy atom. The first kappa shape index (κ1) is 21.5. The quantitative estimate of drug-likeness (QED) is 0.435. The van der Waals surface area contributed by atoms with Crippen molar-refractivity contribution in [3.8, 4) is 11.3 Å². The molecule has 0 bridgehead atoms. The lowest BCUT2D eigenvalue weighted by Gasteiger charge is -2.34. The van der Waals surface area contributed by atoms with Crippen LogP contribution in [0.5, 0.6) is 0 Å². The molecule has 1 amide bonds. The fourth-order valence-corrected chi connectivity index (χ4v) is 4.80. The predicted molar refractivity (Wildman–Crippen MR) is 124 cm³/mol. The average Bonchev–Trinajstić information content (AvgIpc) is 3.48. The van der Waals surface area contributed by atoms with Crippen molar-refractivity contribution in [2.45, 2.75) is 19.4 Å². The van der Waals surface area contributed by atoms with Crippen molar-refractivity contribution < 1.29 is 13.6 Å². The molecule has 33 heavy (non-hydrogen) atoms. The minimum Gasteiger partial charge on any atom is -0.461 e. The smallest absolute Gasteiger partial charge is 0.258 e. The highest BCUT2D eigenvalue weighted by Crippen LogP contribution is 2.25. The molecular weight excluding hydrogens is 443 g/mol. The highest BCUT2D eigenvalue weighted by molar-refractivity contribution is 7.15. The highest BCUT2D eigenvalue weighted by Gasteiger charge is 2.22. The molecule has 9 heteroatoms. The number of fused-ring (bicyclic) bond motifs is 1. The molecule has 1 fully saturated rings. The summed E-state index contributed by atoms with van der Waals surface area (Å²) in [5, 5.41) is 1.85. The van der Waals surface area contributed by atoms with Crippen molar-refractivity contribution in [3.63, 3.8) is 0 Å². The zero-order valence-corrected chi connectivity index (χ0v) is 18.8. The van der Waals surface area contributed by atoms with Gasteiger partial charge in [-0.05, 0) is 24.3 Å². The Kier molecular flexibility index (Phi) is 6.06. The van der Waals surface area contributed by atoms with Crippen molar-refractivity contribution in [2.75, 3.05) is 26.2 Å². The molecule has 0 saturated carbocycles. The van der Waals surface area contributed by atoms with Gasteiger partial charge in [-0.3, -0.25) is 18.9 Å². The Balaban J connectivity index is 1.12. The predicted octanol–water partition coefficient (Wildman–Crippen LogP) is 3.43. The van der Waals surface area contributed by atoms with Crippen LogP contribution in [0.3, 0.4) is 0 Å². The molecule has 0 radical (unpaired) electrons. The van der Waals surface area contributed by atoms with Crippen molar-refractivity contribution in [3.05, 3.63) is 81.7 Å². The second kappa shape index (κ2) is 9.29. The maximum Gasteiger partial charge on any atom is 0.258 e. The molecule has 1 saturated heterocycles. The van der Waals surface area contributed by atoms with E-state index >= 15 is 0 Å². The van der Waals surface area contributed by atoms with Crippen LogP contribution >= 0.6 is 11.3 Å². The van der Waals surface area contributed by atoms with E-state index in [1.807, 2.05) is 10.3 Å². The van der Waals surface area contributed by atoms with Gasteiger partial charge in [0.15, 0.2) is 4.96 Å². The number of nitrogens with zero attached hydrogens (tertiary/aromatic N) is 4. The molecule has 0 N–H and O–H groups in total. The number of aryl methyl sites for hydroxylation is 1. The van der Waals surface area contributed by atoms with Gasteiger partial charge in [0.25, 0.3) is 5.56 Å². The van der Waals surface area contributed by atoms with Crippen LogP contribution in [0.25, 0.3) is 16.3 Å². The number of piperazine rings is 1. The summed E-state index contributed by atoms with van der Waals surface area (Å²) >= 11 is 1.44. The largest absolute Gasteiger partial charge is 0.461 e. The third kappa shape index (κ3) is 4.74. The standard InChI is InChI=1S/C24H23FN4O3S/c25-20-4-2-1-3-19(20)21-7-5-18(32-21)6-8-22(30)28-11-9-27(10-12-28)16-17-15-23(31)29-13-14-33-24(29)26-17/h1-5,7,13-15H,6,8-12,16H2. The van der Waals surface area contributed by atoms with Crippen molar-refractivity contribution in [1.29, 1.82) is 0 Å². The molecule has 1 aliphatic rings. The molecule has 7 nitrogen and oxygen atoms in total. The summed E-state index contributed by atoms with van der Waals surface area (Å²) in [6, 6.07) is 11.6. The minimum absolute atomic E-state index is 0.0684. The fourth-order valence-electron chi connectivity index (χ4n) is 4.06. The Hall–Kier alpha value is -3.30. The van der Waals surface area contributed by atoms with Crippen molar-refractivity contribution in [1.82, 2.24) is 19.2 Å². The zero-order valence-electron chi connectivity index (χ0n) is 17.9. The summed E-state index contributed by atoms with van der Waals surface area (Å²) in [6.07, 6.45) is 2.55. The van der Waals surface area contributed by atoms with Gasteiger partial charge in [-0.2, -0.15) is 0 Å². The first-order valence-corrected chi connectivity index (χ1v) is 11.7. The van der Waals surface area contributed by atoms with Gasteiger partial charge in [-0.15, -0.1) is 11.3 Å². The van der Waals surface area contributed by atoms with Gasteiger partial charge in [0.1, 0.15) is 17.3 Å². The Bertz CT molecular complexity index is 1340. The molecule has 4 aromatic rings. The molecule has 0 aliphatic carbocycles. The lowest BCUT2D eigenvalue weighted by Crippen LogP contribution is -2.48. The molecule has 0 unspecified atom stereocenters. The van der Waals surface area contributed by atoms with Crippen LogP contribution in [0.2, 0.25) is 0 Å². The van der Waals surface area contributed by atoms with Crippen LogP contribution in [0.4, 0.5) is 4.39 Å². The van der Waals surface area contributed by atoms with Crippen molar-refractivity contribution in [2.24, 2.45) is 0 Å². The third-order valence-electron chi connectivity index (χ3n) is 5.85. The molecule has 170 valence electrons. The van der Waals surface area contributed by atoms with E-state index in [2.05, 4.69) is 9.88 Å².